The van der Waals surface area contributed by atoms with E-state index in [-0.39, 0.29) is 17.9 Å². The van der Waals surface area contributed by atoms with E-state index in [1.54, 1.807) is 18.4 Å². The van der Waals surface area contributed by atoms with Crippen LogP contribution in [0.3, 0.4) is 0 Å². The number of likely N-dealkylation sites (tertiary alicyclic amines) is 1. The van der Waals surface area contributed by atoms with Crippen molar-refractivity contribution in [2.45, 2.75) is 57.6 Å². The topological polar surface area (TPSA) is 56.9 Å². The molecule has 5 nitrogen and oxygen atoms in total. The molecule has 1 N–H and O–H groups in total. The Labute approximate surface area is 173 Å². The number of carbonyl (C=O) groups is 1. The molecule has 156 valence electrons. The molecular weight excluding hydrogens is 364 g/mol. The third-order valence-corrected chi connectivity index (χ3v) is 6.92. The van der Waals surface area contributed by atoms with E-state index in [0.29, 0.717) is 18.7 Å². The molecule has 1 aliphatic heterocycles. The molecule has 1 aromatic heterocycles. The highest BCUT2D eigenvalue weighted by atomic mass is 16.3. The van der Waals surface area contributed by atoms with Gasteiger partial charge in [0.25, 0.3) is 5.91 Å². The Morgan fingerprint density at radius 1 is 1.17 bits per heavy atom. The van der Waals surface area contributed by atoms with Gasteiger partial charge in [-0.05, 0) is 62.9 Å². The molecule has 3 atom stereocenters. The predicted octanol–water partition coefficient (Wildman–Crippen LogP) is 4.63. The van der Waals surface area contributed by atoms with Gasteiger partial charge in [-0.3, -0.25) is 4.79 Å². The predicted molar refractivity (Wildman–Crippen MR) is 114 cm³/mol. The van der Waals surface area contributed by atoms with E-state index in [1.165, 1.54) is 5.69 Å². The van der Waals surface area contributed by atoms with Crippen molar-refractivity contribution in [2.75, 3.05) is 24.5 Å². The number of nitrogens with zero attached hydrogens (tertiary/aromatic N) is 2. The number of furan rings is 1. The van der Waals surface area contributed by atoms with Crippen LogP contribution in [0.5, 0.6) is 0 Å². The smallest absolute Gasteiger partial charge is 0.290 e. The van der Waals surface area contributed by atoms with Crippen LogP contribution in [-0.4, -0.2) is 41.1 Å². The molecule has 2 aromatic rings. The van der Waals surface area contributed by atoms with Gasteiger partial charge in [-0.25, -0.2) is 0 Å². The van der Waals surface area contributed by atoms with Crippen molar-refractivity contribution < 1.29 is 14.3 Å². The summed E-state index contributed by atoms with van der Waals surface area (Å²) in [5, 5.41) is 11.4. The van der Waals surface area contributed by atoms with Crippen LogP contribution in [0.25, 0.3) is 0 Å². The van der Waals surface area contributed by atoms with Gasteiger partial charge in [-0.15, -0.1) is 0 Å². The number of fused-ring (bicyclic) bond motifs is 1. The summed E-state index contributed by atoms with van der Waals surface area (Å²) in [6, 6.07) is 11.9. The summed E-state index contributed by atoms with van der Waals surface area (Å²) in [5.41, 5.74) is 1.61. The normalized spacial score (nSPS) is 26.8. The molecular formula is C24H32N2O3. The first-order chi connectivity index (χ1) is 14.1. The molecule has 1 aliphatic carbocycles. The van der Waals surface area contributed by atoms with Crippen LogP contribution >= 0.6 is 0 Å². The first kappa shape index (κ1) is 20.0. The Bertz CT molecular complexity index is 813. The highest BCUT2D eigenvalue weighted by Crippen LogP contribution is 2.49. The van der Waals surface area contributed by atoms with Crippen LogP contribution in [-0.2, 0) is 0 Å². The van der Waals surface area contributed by atoms with Crippen molar-refractivity contribution in [3.8, 4) is 0 Å². The molecule has 2 fully saturated rings. The second-order valence-electron chi connectivity index (χ2n) is 8.39. The second-order valence-corrected chi connectivity index (χ2v) is 8.39. The fourth-order valence-corrected chi connectivity index (χ4v) is 5.33. The minimum Gasteiger partial charge on any atom is -0.459 e. The molecule has 0 unspecified atom stereocenters. The summed E-state index contributed by atoms with van der Waals surface area (Å²) < 4.78 is 5.41. The summed E-state index contributed by atoms with van der Waals surface area (Å²) in [6.45, 7) is 6.79. The lowest BCUT2D eigenvalue weighted by atomic mass is 9.66. The van der Waals surface area contributed by atoms with Gasteiger partial charge in [-0.1, -0.05) is 25.0 Å². The molecule has 5 heteroatoms. The Kier molecular flexibility index (Phi) is 5.68. The van der Waals surface area contributed by atoms with Gasteiger partial charge < -0.3 is 19.3 Å². The molecule has 1 saturated heterocycles. The van der Waals surface area contributed by atoms with Gasteiger partial charge in [0, 0.05) is 31.2 Å². The Morgan fingerprint density at radius 3 is 2.59 bits per heavy atom. The first-order valence-corrected chi connectivity index (χ1v) is 11.0. The summed E-state index contributed by atoms with van der Waals surface area (Å²) in [6.07, 6.45) is 6.12. The van der Waals surface area contributed by atoms with Gasteiger partial charge in [0.05, 0.1) is 17.9 Å². The summed E-state index contributed by atoms with van der Waals surface area (Å²) in [4.78, 5) is 17.5. The van der Waals surface area contributed by atoms with Gasteiger partial charge in [0.2, 0.25) is 0 Å². The highest BCUT2D eigenvalue weighted by molar-refractivity contribution is 5.92. The maximum Gasteiger partial charge on any atom is 0.290 e. The third-order valence-electron chi connectivity index (χ3n) is 6.92. The molecule has 0 bridgehead atoms. The van der Waals surface area contributed by atoms with Crippen molar-refractivity contribution >= 4 is 11.6 Å². The Morgan fingerprint density at radius 2 is 1.93 bits per heavy atom. The largest absolute Gasteiger partial charge is 0.459 e. The number of rotatable bonds is 5. The van der Waals surface area contributed by atoms with Crippen molar-refractivity contribution in [3.63, 3.8) is 0 Å². The lowest BCUT2D eigenvalue weighted by molar-refractivity contribution is -0.115. The zero-order valence-corrected chi connectivity index (χ0v) is 17.5. The molecule has 1 aromatic carbocycles. The minimum atomic E-state index is -0.680. The molecule has 2 heterocycles. The number of piperidine rings is 1. The number of amides is 1. The van der Waals surface area contributed by atoms with E-state index < -0.39 is 5.60 Å². The van der Waals surface area contributed by atoms with E-state index in [1.807, 2.05) is 4.90 Å². The monoisotopic (exact) mass is 396 g/mol. The van der Waals surface area contributed by atoms with Crippen molar-refractivity contribution in [1.82, 2.24) is 4.90 Å². The molecule has 29 heavy (non-hydrogen) atoms. The maximum atomic E-state index is 13.2. The first-order valence-electron chi connectivity index (χ1n) is 11.0. The van der Waals surface area contributed by atoms with E-state index in [4.69, 9.17) is 4.42 Å². The zero-order chi connectivity index (χ0) is 20.4. The Balaban J connectivity index is 1.70. The van der Waals surface area contributed by atoms with Crippen LogP contribution in [0.1, 0.15) is 68.1 Å². The van der Waals surface area contributed by atoms with Gasteiger partial charge in [-0.2, -0.15) is 0 Å². The average molecular weight is 397 g/mol. The molecule has 1 amide bonds. The number of aliphatic hydroxyl groups is 1. The fraction of sp³-hybridized carbons (Fsp3) is 0.542. The third kappa shape index (κ3) is 3.68. The van der Waals surface area contributed by atoms with Crippen LogP contribution in [0.2, 0.25) is 0 Å². The number of hydrogen-bond donors (Lipinski definition) is 1. The summed E-state index contributed by atoms with van der Waals surface area (Å²) in [7, 11) is 0. The van der Waals surface area contributed by atoms with E-state index >= 15 is 0 Å². The van der Waals surface area contributed by atoms with E-state index in [0.717, 1.165) is 44.3 Å². The summed E-state index contributed by atoms with van der Waals surface area (Å²) in [5.74, 6) is 0.347. The molecule has 4 rings (SSSR count). The Hall–Kier alpha value is -2.27. The number of benzene rings is 1. The van der Waals surface area contributed by atoms with Gasteiger partial charge in [0.15, 0.2) is 5.76 Å². The second kappa shape index (κ2) is 8.23. The standard InChI is InChI=1S/C24H32N2O3/c1-3-25(4-2)19-12-10-18(11-13-19)22-20-8-5-6-14-24(20,28)15-16-26(22)23(27)21-9-7-17-29-21/h7,9-13,17,20,22,28H,3-6,8,14-16H2,1-2H3/t20-,22+,24+/m0/s1. The van der Waals surface area contributed by atoms with Crippen LogP contribution in [0.4, 0.5) is 5.69 Å². The van der Waals surface area contributed by atoms with Crippen molar-refractivity contribution in [3.05, 3.63) is 54.0 Å². The maximum absolute atomic E-state index is 13.2. The summed E-state index contributed by atoms with van der Waals surface area (Å²) >= 11 is 0. The van der Waals surface area contributed by atoms with Gasteiger partial charge >= 0.3 is 0 Å². The SMILES string of the molecule is CCN(CC)c1ccc([C@@H]2[C@@H]3CCCC[C@@]3(O)CCN2C(=O)c2ccco2)cc1. The van der Waals surface area contributed by atoms with Crippen LogP contribution in [0, 0.1) is 5.92 Å². The van der Waals surface area contributed by atoms with Crippen LogP contribution < -0.4 is 4.90 Å². The van der Waals surface area contributed by atoms with E-state index in [2.05, 4.69) is 43.0 Å². The highest BCUT2D eigenvalue weighted by Gasteiger charge is 2.50. The molecule has 0 radical (unpaired) electrons. The van der Waals surface area contributed by atoms with E-state index in [9.17, 15) is 9.90 Å². The van der Waals surface area contributed by atoms with Crippen molar-refractivity contribution in [2.24, 2.45) is 5.92 Å². The fourth-order valence-electron chi connectivity index (χ4n) is 5.33. The molecule has 1 saturated carbocycles. The lowest BCUT2D eigenvalue weighted by Crippen LogP contribution is -2.56. The van der Waals surface area contributed by atoms with Crippen molar-refractivity contribution in [1.29, 1.82) is 0 Å². The minimum absolute atomic E-state index is 0.0585. The molecule has 2 aliphatic rings. The quantitative estimate of drug-likeness (QED) is 0.800. The average Bonchev–Trinajstić information content (AvgIpc) is 3.28. The van der Waals surface area contributed by atoms with Gasteiger partial charge in [0.1, 0.15) is 0 Å². The lowest BCUT2D eigenvalue weighted by Gasteiger charge is -2.52. The number of hydrogen-bond acceptors (Lipinski definition) is 4. The zero-order valence-electron chi connectivity index (χ0n) is 17.5. The van der Waals surface area contributed by atoms with Crippen LogP contribution in [0.15, 0.2) is 47.1 Å². The number of anilines is 1. The molecule has 0 spiro atoms. The number of carbonyl (C=O) groups excluding carboxylic acids is 1.